The van der Waals surface area contributed by atoms with Gasteiger partial charge in [-0.05, 0) is 32.0 Å². The summed E-state index contributed by atoms with van der Waals surface area (Å²) < 4.78 is 7.63. The molecule has 32 heavy (non-hydrogen) atoms. The maximum atomic E-state index is 14.1. The molecule has 1 amide bonds. The van der Waals surface area contributed by atoms with Gasteiger partial charge in [0.05, 0.1) is 21.9 Å². The lowest BCUT2D eigenvalue weighted by atomic mass is 9.71. The summed E-state index contributed by atoms with van der Waals surface area (Å²) in [5.41, 5.74) is 0.773. The van der Waals surface area contributed by atoms with Gasteiger partial charge in [0.25, 0.3) is 11.8 Å². The van der Waals surface area contributed by atoms with Gasteiger partial charge in [-0.1, -0.05) is 36.4 Å². The zero-order valence-electron chi connectivity index (χ0n) is 17.8. The van der Waals surface area contributed by atoms with E-state index in [1.54, 1.807) is 28.6 Å². The molecule has 2 aliphatic rings. The number of hydrogen-bond acceptors (Lipinski definition) is 6. The van der Waals surface area contributed by atoms with Crippen molar-refractivity contribution in [1.29, 1.82) is 0 Å². The highest BCUT2D eigenvalue weighted by Crippen LogP contribution is 2.56. The van der Waals surface area contributed by atoms with Gasteiger partial charge in [0.15, 0.2) is 0 Å². The van der Waals surface area contributed by atoms with E-state index in [0.29, 0.717) is 29.1 Å². The fourth-order valence-electron chi connectivity index (χ4n) is 4.84. The summed E-state index contributed by atoms with van der Waals surface area (Å²) in [6, 6.07) is 16.5. The zero-order valence-corrected chi connectivity index (χ0v) is 17.8. The van der Waals surface area contributed by atoms with E-state index in [-0.39, 0.29) is 23.4 Å². The molecule has 2 aromatic carbocycles. The van der Waals surface area contributed by atoms with E-state index in [1.807, 2.05) is 49.4 Å². The number of benzene rings is 2. The van der Waals surface area contributed by atoms with Crippen LogP contribution in [0, 0.1) is 17.0 Å². The summed E-state index contributed by atoms with van der Waals surface area (Å²) in [4.78, 5) is 27.6. The lowest BCUT2D eigenvalue weighted by Crippen LogP contribution is -2.48. The second kappa shape index (κ2) is 6.94. The molecule has 5 rings (SSSR count). The van der Waals surface area contributed by atoms with Gasteiger partial charge in [-0.25, -0.2) is 4.68 Å². The van der Waals surface area contributed by atoms with Crippen molar-refractivity contribution in [3.63, 3.8) is 0 Å². The Balaban J connectivity index is 1.94. The fraction of sp³-hybridized carbons (Fsp3) is 0.217. The van der Waals surface area contributed by atoms with Crippen LogP contribution in [0.5, 0.6) is 5.88 Å². The average molecular weight is 431 g/mol. The Morgan fingerprint density at radius 1 is 1.16 bits per heavy atom. The number of carbonyl (C=O) groups is 1. The fourth-order valence-corrected chi connectivity index (χ4v) is 4.84. The quantitative estimate of drug-likeness (QED) is 0.503. The standard InChI is InChI=1S/C23H21N5O4/c1-4-26-17-13-9-8-12-16(17)23(22(26)29)18-14(2)25-27(15-10-6-5-7-11-15)21(18)32-20(24-3)19(23)28(30)31/h5-13,24H,4H2,1-3H3. The molecule has 0 radical (unpaired) electrons. The van der Waals surface area contributed by atoms with Crippen LogP contribution >= 0.6 is 0 Å². The molecule has 9 nitrogen and oxygen atoms in total. The van der Waals surface area contributed by atoms with Crippen LogP contribution < -0.4 is 15.0 Å². The van der Waals surface area contributed by atoms with Crippen molar-refractivity contribution in [2.24, 2.45) is 0 Å². The lowest BCUT2D eigenvalue weighted by Gasteiger charge is -2.31. The number of hydrogen-bond donors (Lipinski definition) is 1. The van der Waals surface area contributed by atoms with Crippen molar-refractivity contribution in [2.75, 3.05) is 18.5 Å². The molecule has 162 valence electrons. The molecule has 1 atom stereocenters. The third kappa shape index (κ3) is 2.33. The van der Waals surface area contributed by atoms with E-state index < -0.39 is 10.3 Å². The number of nitro groups is 1. The molecule has 0 fully saturated rings. The first kappa shape index (κ1) is 19.8. The van der Waals surface area contributed by atoms with Crippen LogP contribution in [0.2, 0.25) is 0 Å². The Morgan fingerprint density at radius 3 is 2.50 bits per heavy atom. The van der Waals surface area contributed by atoms with Crippen LogP contribution in [0.25, 0.3) is 5.69 Å². The summed E-state index contributed by atoms with van der Waals surface area (Å²) in [5, 5.41) is 19.9. The highest BCUT2D eigenvalue weighted by atomic mass is 16.6. The van der Waals surface area contributed by atoms with E-state index in [0.717, 1.165) is 5.69 Å². The van der Waals surface area contributed by atoms with Gasteiger partial charge in [-0.3, -0.25) is 14.9 Å². The Kier molecular flexibility index (Phi) is 4.30. The first-order chi connectivity index (χ1) is 15.5. The normalized spacial score (nSPS) is 19.1. The number of aryl methyl sites for hydroxylation is 1. The number of amides is 1. The number of likely N-dealkylation sites (N-methyl/N-ethyl adjacent to an activating group) is 1. The Labute approximate surface area is 184 Å². The molecule has 1 spiro atoms. The molecule has 0 aliphatic carbocycles. The van der Waals surface area contributed by atoms with Crippen molar-refractivity contribution in [3.05, 3.63) is 93.1 Å². The largest absolute Gasteiger partial charge is 0.416 e. The molecule has 0 bridgehead atoms. The van der Waals surface area contributed by atoms with Crippen LogP contribution in [0.4, 0.5) is 5.69 Å². The number of ether oxygens (including phenoxy) is 1. The maximum Gasteiger partial charge on any atom is 0.330 e. The van der Waals surface area contributed by atoms with Crippen LogP contribution in [0.1, 0.15) is 23.7 Å². The monoisotopic (exact) mass is 431 g/mol. The predicted molar refractivity (Wildman–Crippen MR) is 117 cm³/mol. The highest BCUT2D eigenvalue weighted by Gasteiger charge is 2.66. The van der Waals surface area contributed by atoms with Gasteiger partial charge in [-0.15, -0.1) is 0 Å². The zero-order chi connectivity index (χ0) is 22.6. The number of rotatable bonds is 4. The minimum atomic E-state index is -1.68. The van der Waals surface area contributed by atoms with Gasteiger partial charge in [0.1, 0.15) is 0 Å². The lowest BCUT2D eigenvalue weighted by molar-refractivity contribution is -0.436. The van der Waals surface area contributed by atoms with Gasteiger partial charge in [0, 0.05) is 24.8 Å². The molecule has 1 N–H and O–H groups in total. The number of fused-ring (bicyclic) bond motifs is 4. The second-order valence-electron chi connectivity index (χ2n) is 7.62. The van der Waals surface area contributed by atoms with Crippen molar-refractivity contribution in [2.45, 2.75) is 19.3 Å². The minimum Gasteiger partial charge on any atom is -0.416 e. The van der Waals surface area contributed by atoms with Crippen LogP contribution in [-0.4, -0.2) is 34.2 Å². The number of aromatic nitrogens is 2. The van der Waals surface area contributed by atoms with E-state index >= 15 is 0 Å². The number of nitrogens with one attached hydrogen (secondary N) is 1. The minimum absolute atomic E-state index is 0.0827. The predicted octanol–water partition coefficient (Wildman–Crippen LogP) is 2.89. The van der Waals surface area contributed by atoms with Crippen LogP contribution in [0.15, 0.2) is 66.2 Å². The first-order valence-corrected chi connectivity index (χ1v) is 10.3. The molecule has 0 saturated carbocycles. The van der Waals surface area contributed by atoms with Crippen molar-refractivity contribution >= 4 is 11.6 Å². The summed E-state index contributed by atoms with van der Waals surface area (Å²) in [6.45, 7) is 3.97. The molecular weight excluding hydrogens is 410 g/mol. The molecule has 9 heteroatoms. The Hall–Kier alpha value is -4.14. The number of carbonyl (C=O) groups excluding carboxylic acids is 1. The molecule has 3 aromatic rings. The third-order valence-electron chi connectivity index (χ3n) is 6.05. The molecule has 1 aromatic heterocycles. The summed E-state index contributed by atoms with van der Waals surface area (Å²) in [5.74, 6) is -0.189. The SMILES string of the molecule is CCN1C(=O)C2(C([N+](=O)[O-])=C(NC)Oc3c2c(C)nn3-c2ccccc2)c2ccccc21. The van der Waals surface area contributed by atoms with Crippen molar-refractivity contribution < 1.29 is 14.5 Å². The van der Waals surface area contributed by atoms with E-state index in [9.17, 15) is 14.9 Å². The molecule has 2 aliphatic heterocycles. The smallest absolute Gasteiger partial charge is 0.330 e. The van der Waals surface area contributed by atoms with Gasteiger partial charge in [-0.2, -0.15) is 5.10 Å². The summed E-state index contributed by atoms with van der Waals surface area (Å²) >= 11 is 0. The topological polar surface area (TPSA) is 103 Å². The average Bonchev–Trinajstić information content (AvgIpc) is 3.26. The van der Waals surface area contributed by atoms with E-state index in [1.165, 1.54) is 7.05 Å². The summed E-state index contributed by atoms with van der Waals surface area (Å²) in [6.07, 6.45) is 0. The number of nitrogens with zero attached hydrogens (tertiary/aromatic N) is 4. The van der Waals surface area contributed by atoms with Crippen molar-refractivity contribution in [1.82, 2.24) is 15.1 Å². The van der Waals surface area contributed by atoms with Gasteiger partial charge < -0.3 is 15.0 Å². The van der Waals surface area contributed by atoms with Crippen LogP contribution in [-0.2, 0) is 10.2 Å². The number of anilines is 1. The number of para-hydroxylation sites is 2. The molecule has 1 unspecified atom stereocenters. The Morgan fingerprint density at radius 2 is 1.84 bits per heavy atom. The van der Waals surface area contributed by atoms with Crippen molar-refractivity contribution in [3.8, 4) is 11.6 Å². The summed E-state index contributed by atoms with van der Waals surface area (Å²) in [7, 11) is 1.54. The highest BCUT2D eigenvalue weighted by molar-refractivity contribution is 6.13. The molecule has 3 heterocycles. The van der Waals surface area contributed by atoms with Crippen LogP contribution in [0.3, 0.4) is 0 Å². The van der Waals surface area contributed by atoms with Gasteiger partial charge in [0.2, 0.25) is 11.3 Å². The van der Waals surface area contributed by atoms with E-state index in [4.69, 9.17) is 4.74 Å². The second-order valence-corrected chi connectivity index (χ2v) is 7.62. The Bertz CT molecular complexity index is 1300. The van der Waals surface area contributed by atoms with Gasteiger partial charge >= 0.3 is 5.70 Å². The maximum absolute atomic E-state index is 14.1. The third-order valence-corrected chi connectivity index (χ3v) is 6.05. The first-order valence-electron chi connectivity index (χ1n) is 10.3. The molecular formula is C23H21N5O4. The molecule has 0 saturated heterocycles. The van der Waals surface area contributed by atoms with E-state index in [2.05, 4.69) is 10.4 Å².